The van der Waals surface area contributed by atoms with Gasteiger partial charge in [0.15, 0.2) is 5.78 Å². The van der Waals surface area contributed by atoms with Gasteiger partial charge in [-0.2, -0.15) is 0 Å². The van der Waals surface area contributed by atoms with Crippen molar-refractivity contribution >= 4 is 5.78 Å². The van der Waals surface area contributed by atoms with Crippen LogP contribution in [-0.4, -0.2) is 23.8 Å². The summed E-state index contributed by atoms with van der Waals surface area (Å²) in [6.07, 6.45) is 1.06. The fourth-order valence-corrected chi connectivity index (χ4v) is 2.13. The highest BCUT2D eigenvalue weighted by Crippen LogP contribution is 2.21. The second-order valence-electron chi connectivity index (χ2n) is 5.90. The Bertz CT molecular complexity index is 417. The minimum atomic E-state index is -0.225. The molecule has 2 rings (SSSR count). The zero-order chi connectivity index (χ0) is 12.5. The zero-order valence-electron chi connectivity index (χ0n) is 11.0. The molecule has 0 atom stereocenters. The second-order valence-corrected chi connectivity index (χ2v) is 5.90. The SMILES string of the molecule is CC(C)(C)C(=O)CN1CCc2ccccc2C1. The van der Waals surface area contributed by atoms with Crippen LogP contribution in [0.5, 0.6) is 0 Å². The molecule has 0 bridgehead atoms. The van der Waals surface area contributed by atoms with Gasteiger partial charge in [-0.25, -0.2) is 0 Å². The van der Waals surface area contributed by atoms with Crippen molar-refractivity contribution in [1.82, 2.24) is 4.90 Å². The predicted molar refractivity (Wildman–Crippen MR) is 69.9 cm³/mol. The van der Waals surface area contributed by atoms with Gasteiger partial charge < -0.3 is 0 Å². The number of nitrogens with zero attached hydrogens (tertiary/aromatic N) is 1. The van der Waals surface area contributed by atoms with E-state index in [-0.39, 0.29) is 5.41 Å². The molecule has 0 unspecified atom stereocenters. The molecule has 0 saturated carbocycles. The second kappa shape index (κ2) is 4.61. The van der Waals surface area contributed by atoms with Crippen molar-refractivity contribution in [2.24, 2.45) is 5.41 Å². The molecular weight excluding hydrogens is 210 g/mol. The van der Waals surface area contributed by atoms with Gasteiger partial charge in [0, 0.05) is 18.5 Å². The van der Waals surface area contributed by atoms with Gasteiger partial charge in [0.2, 0.25) is 0 Å². The van der Waals surface area contributed by atoms with Crippen molar-refractivity contribution < 1.29 is 4.79 Å². The van der Waals surface area contributed by atoms with Gasteiger partial charge in [-0.1, -0.05) is 45.0 Å². The summed E-state index contributed by atoms with van der Waals surface area (Å²) in [7, 11) is 0. The Kier molecular flexibility index (Phi) is 3.34. The van der Waals surface area contributed by atoms with Crippen molar-refractivity contribution in [3.8, 4) is 0 Å². The summed E-state index contributed by atoms with van der Waals surface area (Å²) in [5.41, 5.74) is 2.59. The molecule has 0 spiro atoms. The first-order chi connectivity index (χ1) is 7.97. The fraction of sp³-hybridized carbons (Fsp3) is 0.533. The Morgan fingerprint density at radius 1 is 1.24 bits per heavy atom. The summed E-state index contributed by atoms with van der Waals surface area (Å²) in [5, 5.41) is 0. The Morgan fingerprint density at radius 2 is 1.88 bits per heavy atom. The lowest BCUT2D eigenvalue weighted by molar-refractivity contribution is -0.127. The summed E-state index contributed by atoms with van der Waals surface area (Å²) in [5.74, 6) is 0.330. The number of benzene rings is 1. The van der Waals surface area contributed by atoms with E-state index in [1.54, 1.807) is 0 Å². The lowest BCUT2D eigenvalue weighted by Gasteiger charge is -2.30. The molecule has 1 aromatic carbocycles. The largest absolute Gasteiger partial charge is 0.298 e. The maximum Gasteiger partial charge on any atom is 0.152 e. The van der Waals surface area contributed by atoms with Crippen LogP contribution >= 0.6 is 0 Å². The molecule has 1 aliphatic rings. The highest BCUT2D eigenvalue weighted by atomic mass is 16.1. The predicted octanol–water partition coefficient (Wildman–Crippen LogP) is 2.66. The molecule has 0 amide bonds. The molecule has 1 aromatic rings. The van der Waals surface area contributed by atoms with Gasteiger partial charge in [-0.3, -0.25) is 9.69 Å². The number of fused-ring (bicyclic) bond motifs is 1. The first kappa shape index (κ1) is 12.3. The van der Waals surface area contributed by atoms with E-state index in [4.69, 9.17) is 0 Å². The Labute approximate surface area is 104 Å². The standard InChI is InChI=1S/C15H21NO/c1-15(2,3)14(17)11-16-9-8-12-6-4-5-7-13(12)10-16/h4-7H,8-11H2,1-3H3. The van der Waals surface area contributed by atoms with E-state index >= 15 is 0 Å². The van der Waals surface area contributed by atoms with Crippen molar-refractivity contribution in [3.05, 3.63) is 35.4 Å². The number of rotatable bonds is 2. The summed E-state index contributed by atoms with van der Waals surface area (Å²) in [6, 6.07) is 8.53. The molecule has 1 aliphatic heterocycles. The minimum absolute atomic E-state index is 0.225. The van der Waals surface area contributed by atoms with Crippen LogP contribution in [0.25, 0.3) is 0 Å². The summed E-state index contributed by atoms with van der Waals surface area (Å²) in [6.45, 7) is 8.47. The van der Waals surface area contributed by atoms with E-state index in [9.17, 15) is 4.79 Å². The first-order valence-electron chi connectivity index (χ1n) is 6.29. The van der Waals surface area contributed by atoms with Crippen molar-refractivity contribution in [3.63, 3.8) is 0 Å². The summed E-state index contributed by atoms with van der Waals surface area (Å²) < 4.78 is 0. The third kappa shape index (κ3) is 2.95. The Hall–Kier alpha value is -1.15. The average Bonchev–Trinajstić information content (AvgIpc) is 2.27. The molecule has 0 N–H and O–H groups in total. The molecule has 0 aromatic heterocycles. The van der Waals surface area contributed by atoms with Crippen LogP contribution in [0.2, 0.25) is 0 Å². The minimum Gasteiger partial charge on any atom is -0.298 e. The monoisotopic (exact) mass is 231 g/mol. The quantitative estimate of drug-likeness (QED) is 0.780. The number of carbonyl (C=O) groups excluding carboxylic acids is 1. The fourth-order valence-electron chi connectivity index (χ4n) is 2.13. The average molecular weight is 231 g/mol. The van der Waals surface area contributed by atoms with Crippen molar-refractivity contribution in [2.45, 2.75) is 33.7 Å². The van der Waals surface area contributed by atoms with Gasteiger partial charge in [0.05, 0.1) is 6.54 Å². The normalized spacial score (nSPS) is 16.6. The Balaban J connectivity index is 2.01. The first-order valence-corrected chi connectivity index (χ1v) is 6.29. The highest BCUT2D eigenvalue weighted by Gasteiger charge is 2.25. The van der Waals surface area contributed by atoms with Crippen LogP contribution in [-0.2, 0) is 17.8 Å². The van der Waals surface area contributed by atoms with E-state index < -0.39 is 0 Å². The number of ketones is 1. The molecular formula is C15H21NO. The van der Waals surface area contributed by atoms with E-state index in [1.807, 2.05) is 20.8 Å². The van der Waals surface area contributed by atoms with E-state index in [2.05, 4.69) is 29.2 Å². The molecule has 0 aliphatic carbocycles. The third-order valence-electron chi connectivity index (χ3n) is 3.41. The van der Waals surface area contributed by atoms with Gasteiger partial charge in [-0.15, -0.1) is 0 Å². The summed E-state index contributed by atoms with van der Waals surface area (Å²) >= 11 is 0. The van der Waals surface area contributed by atoms with Gasteiger partial charge >= 0.3 is 0 Å². The lowest BCUT2D eigenvalue weighted by atomic mass is 9.90. The van der Waals surface area contributed by atoms with Crippen molar-refractivity contribution in [1.29, 1.82) is 0 Å². The number of hydrogen-bond donors (Lipinski definition) is 0. The molecule has 92 valence electrons. The zero-order valence-corrected chi connectivity index (χ0v) is 11.0. The third-order valence-corrected chi connectivity index (χ3v) is 3.41. The van der Waals surface area contributed by atoms with Crippen LogP contribution in [0.4, 0.5) is 0 Å². The maximum absolute atomic E-state index is 12.0. The molecule has 0 saturated heterocycles. The smallest absolute Gasteiger partial charge is 0.152 e. The van der Waals surface area contributed by atoms with E-state index in [1.165, 1.54) is 11.1 Å². The van der Waals surface area contributed by atoms with Crippen LogP contribution in [0.15, 0.2) is 24.3 Å². The molecule has 0 radical (unpaired) electrons. The molecule has 17 heavy (non-hydrogen) atoms. The molecule has 2 heteroatoms. The van der Waals surface area contributed by atoms with Crippen LogP contribution < -0.4 is 0 Å². The summed E-state index contributed by atoms with van der Waals surface area (Å²) in [4.78, 5) is 14.3. The number of hydrogen-bond acceptors (Lipinski definition) is 2. The van der Waals surface area contributed by atoms with Crippen LogP contribution in [0.3, 0.4) is 0 Å². The van der Waals surface area contributed by atoms with Crippen LogP contribution in [0.1, 0.15) is 31.9 Å². The topological polar surface area (TPSA) is 20.3 Å². The lowest BCUT2D eigenvalue weighted by Crippen LogP contribution is -2.38. The number of carbonyl (C=O) groups is 1. The van der Waals surface area contributed by atoms with Gasteiger partial charge in [-0.05, 0) is 17.5 Å². The van der Waals surface area contributed by atoms with Gasteiger partial charge in [0.25, 0.3) is 0 Å². The highest BCUT2D eigenvalue weighted by molar-refractivity contribution is 5.85. The number of Topliss-reactive ketones (excluding diaryl/α,β-unsaturated/α-hetero) is 1. The van der Waals surface area contributed by atoms with Crippen LogP contribution in [0, 0.1) is 5.41 Å². The van der Waals surface area contributed by atoms with E-state index in [0.717, 1.165) is 19.5 Å². The maximum atomic E-state index is 12.0. The van der Waals surface area contributed by atoms with E-state index in [0.29, 0.717) is 12.3 Å². The Morgan fingerprint density at radius 3 is 2.53 bits per heavy atom. The van der Waals surface area contributed by atoms with Gasteiger partial charge in [0.1, 0.15) is 0 Å². The molecule has 0 fully saturated rings. The molecule has 2 nitrogen and oxygen atoms in total. The molecule has 1 heterocycles. The van der Waals surface area contributed by atoms with Crippen molar-refractivity contribution in [2.75, 3.05) is 13.1 Å².